The second-order valence-electron chi connectivity index (χ2n) is 4.66. The molecule has 3 nitrogen and oxygen atoms in total. The Balaban J connectivity index is 2.11. The molecule has 19 heavy (non-hydrogen) atoms. The Bertz CT molecular complexity index is 562. The van der Waals surface area contributed by atoms with Crippen LogP contribution in [0.3, 0.4) is 0 Å². The number of hydrogen-bond acceptors (Lipinski definition) is 3. The fraction of sp³-hybridized carbons (Fsp3) is 0.250. The molecule has 0 spiro atoms. The van der Waals surface area contributed by atoms with E-state index in [1.54, 1.807) is 7.11 Å². The maximum absolute atomic E-state index is 5.68. The number of benzene rings is 2. The third-order valence-corrected chi connectivity index (χ3v) is 3.42. The van der Waals surface area contributed by atoms with Crippen molar-refractivity contribution in [1.82, 2.24) is 0 Å². The minimum Gasteiger partial charge on any atom is -0.496 e. The normalized spacial score (nSPS) is 10.3. The van der Waals surface area contributed by atoms with E-state index in [9.17, 15) is 0 Å². The van der Waals surface area contributed by atoms with Gasteiger partial charge in [0.15, 0.2) is 0 Å². The molecule has 100 valence electrons. The summed E-state index contributed by atoms with van der Waals surface area (Å²) in [5.74, 6) is 0.926. The standard InChI is InChI=1S/C16H20N2O/c1-11-12(2)16(19-3)9-8-15(11)18-10-13-4-6-14(17)7-5-13/h4-9,18H,10,17H2,1-3H3. The maximum atomic E-state index is 5.68. The van der Waals surface area contributed by atoms with Gasteiger partial charge in [-0.25, -0.2) is 0 Å². The molecule has 0 heterocycles. The molecule has 2 aromatic rings. The van der Waals surface area contributed by atoms with Gasteiger partial charge in [0.05, 0.1) is 7.11 Å². The van der Waals surface area contributed by atoms with Gasteiger partial charge in [-0.15, -0.1) is 0 Å². The summed E-state index contributed by atoms with van der Waals surface area (Å²) in [5.41, 5.74) is 11.2. The van der Waals surface area contributed by atoms with Crippen molar-refractivity contribution < 1.29 is 4.74 Å². The van der Waals surface area contributed by atoms with Crippen molar-refractivity contribution in [3.8, 4) is 5.75 Å². The van der Waals surface area contributed by atoms with Gasteiger partial charge in [-0.2, -0.15) is 0 Å². The molecule has 0 aromatic heterocycles. The summed E-state index contributed by atoms with van der Waals surface area (Å²) in [4.78, 5) is 0. The van der Waals surface area contributed by atoms with E-state index >= 15 is 0 Å². The second kappa shape index (κ2) is 5.65. The van der Waals surface area contributed by atoms with Gasteiger partial charge in [0.25, 0.3) is 0 Å². The van der Waals surface area contributed by atoms with Crippen molar-refractivity contribution >= 4 is 11.4 Å². The molecule has 0 aliphatic heterocycles. The van der Waals surface area contributed by atoms with E-state index in [1.165, 1.54) is 16.7 Å². The summed E-state index contributed by atoms with van der Waals surface area (Å²) in [7, 11) is 1.70. The van der Waals surface area contributed by atoms with Crippen LogP contribution in [0.25, 0.3) is 0 Å². The van der Waals surface area contributed by atoms with Crippen LogP contribution in [0.15, 0.2) is 36.4 Å². The fourth-order valence-corrected chi connectivity index (χ4v) is 2.04. The molecular weight excluding hydrogens is 236 g/mol. The van der Waals surface area contributed by atoms with E-state index in [0.29, 0.717) is 0 Å². The zero-order valence-electron chi connectivity index (χ0n) is 11.7. The van der Waals surface area contributed by atoms with E-state index in [1.807, 2.05) is 30.3 Å². The molecule has 0 saturated heterocycles. The Labute approximate surface area is 114 Å². The third kappa shape index (κ3) is 2.99. The van der Waals surface area contributed by atoms with Gasteiger partial charge in [-0.3, -0.25) is 0 Å². The topological polar surface area (TPSA) is 47.3 Å². The molecule has 3 heteroatoms. The van der Waals surface area contributed by atoms with E-state index < -0.39 is 0 Å². The minimum atomic E-state index is 0.785. The summed E-state index contributed by atoms with van der Waals surface area (Å²) < 4.78 is 5.32. The molecule has 0 radical (unpaired) electrons. The van der Waals surface area contributed by atoms with Crippen molar-refractivity contribution in [3.63, 3.8) is 0 Å². The lowest BCUT2D eigenvalue weighted by Crippen LogP contribution is -2.03. The van der Waals surface area contributed by atoms with Crippen molar-refractivity contribution in [3.05, 3.63) is 53.1 Å². The summed E-state index contributed by atoms with van der Waals surface area (Å²) in [6, 6.07) is 12.0. The molecule has 3 N–H and O–H groups in total. The number of rotatable bonds is 4. The summed E-state index contributed by atoms with van der Waals surface area (Å²) in [6.07, 6.45) is 0. The van der Waals surface area contributed by atoms with Crippen LogP contribution in [0.2, 0.25) is 0 Å². The number of ether oxygens (including phenoxy) is 1. The second-order valence-corrected chi connectivity index (χ2v) is 4.66. The van der Waals surface area contributed by atoms with Gasteiger partial charge < -0.3 is 15.8 Å². The van der Waals surface area contributed by atoms with Gasteiger partial charge in [-0.05, 0) is 54.8 Å². The number of nitrogens with two attached hydrogens (primary N) is 1. The number of anilines is 2. The molecule has 0 amide bonds. The molecule has 0 saturated carbocycles. The van der Waals surface area contributed by atoms with Crippen molar-refractivity contribution in [2.45, 2.75) is 20.4 Å². The molecule has 2 aromatic carbocycles. The molecular formula is C16H20N2O. The van der Waals surface area contributed by atoms with Gasteiger partial charge in [0.2, 0.25) is 0 Å². The summed E-state index contributed by atoms with van der Waals surface area (Å²) in [6.45, 7) is 4.96. The van der Waals surface area contributed by atoms with E-state index in [4.69, 9.17) is 10.5 Å². The van der Waals surface area contributed by atoms with E-state index in [-0.39, 0.29) is 0 Å². The van der Waals surface area contributed by atoms with Crippen LogP contribution in [-0.2, 0) is 6.54 Å². The van der Waals surface area contributed by atoms with E-state index in [2.05, 4.69) is 25.2 Å². The zero-order chi connectivity index (χ0) is 13.8. The highest BCUT2D eigenvalue weighted by atomic mass is 16.5. The maximum Gasteiger partial charge on any atom is 0.122 e. The largest absolute Gasteiger partial charge is 0.496 e. The molecule has 0 bridgehead atoms. The molecule has 0 aliphatic rings. The average molecular weight is 256 g/mol. The van der Waals surface area contributed by atoms with Crippen LogP contribution in [0.4, 0.5) is 11.4 Å². The fourth-order valence-electron chi connectivity index (χ4n) is 2.04. The van der Waals surface area contributed by atoms with Crippen LogP contribution in [0.1, 0.15) is 16.7 Å². The predicted molar refractivity (Wildman–Crippen MR) is 80.6 cm³/mol. The molecule has 2 rings (SSSR count). The van der Waals surface area contributed by atoms with Crippen LogP contribution >= 0.6 is 0 Å². The van der Waals surface area contributed by atoms with Crippen molar-refractivity contribution in [2.24, 2.45) is 0 Å². The molecule has 0 atom stereocenters. The first-order chi connectivity index (χ1) is 9.11. The SMILES string of the molecule is COc1ccc(NCc2ccc(N)cc2)c(C)c1C. The van der Waals surface area contributed by atoms with Gasteiger partial charge in [-0.1, -0.05) is 12.1 Å². The van der Waals surface area contributed by atoms with Crippen LogP contribution in [-0.4, -0.2) is 7.11 Å². The Morgan fingerprint density at radius 1 is 1.00 bits per heavy atom. The lowest BCUT2D eigenvalue weighted by Gasteiger charge is -2.14. The first kappa shape index (κ1) is 13.3. The van der Waals surface area contributed by atoms with Crippen LogP contribution in [0.5, 0.6) is 5.75 Å². The highest BCUT2D eigenvalue weighted by molar-refractivity contribution is 5.58. The number of nitrogen functional groups attached to an aromatic ring is 1. The smallest absolute Gasteiger partial charge is 0.122 e. The number of methoxy groups -OCH3 is 1. The lowest BCUT2D eigenvalue weighted by molar-refractivity contribution is 0.411. The Morgan fingerprint density at radius 3 is 2.32 bits per heavy atom. The lowest BCUT2D eigenvalue weighted by atomic mass is 10.1. The van der Waals surface area contributed by atoms with E-state index in [0.717, 1.165) is 23.7 Å². The molecule has 0 fully saturated rings. The monoisotopic (exact) mass is 256 g/mol. The zero-order valence-corrected chi connectivity index (χ0v) is 11.7. The Hall–Kier alpha value is -2.16. The Morgan fingerprint density at radius 2 is 1.68 bits per heavy atom. The van der Waals surface area contributed by atoms with Gasteiger partial charge in [0, 0.05) is 17.9 Å². The first-order valence-electron chi connectivity index (χ1n) is 6.34. The van der Waals surface area contributed by atoms with Crippen molar-refractivity contribution in [1.29, 1.82) is 0 Å². The van der Waals surface area contributed by atoms with Gasteiger partial charge >= 0.3 is 0 Å². The Kier molecular flexibility index (Phi) is 3.95. The quantitative estimate of drug-likeness (QED) is 0.823. The molecule has 0 aliphatic carbocycles. The predicted octanol–water partition coefficient (Wildman–Crippen LogP) is 3.51. The van der Waals surface area contributed by atoms with Crippen LogP contribution < -0.4 is 15.8 Å². The number of hydrogen-bond donors (Lipinski definition) is 2. The highest BCUT2D eigenvalue weighted by Gasteiger charge is 2.06. The average Bonchev–Trinajstić information content (AvgIpc) is 2.42. The third-order valence-electron chi connectivity index (χ3n) is 3.42. The summed E-state index contributed by atoms with van der Waals surface area (Å²) in [5, 5.41) is 3.44. The van der Waals surface area contributed by atoms with Gasteiger partial charge in [0.1, 0.15) is 5.75 Å². The summed E-state index contributed by atoms with van der Waals surface area (Å²) >= 11 is 0. The minimum absolute atomic E-state index is 0.785. The first-order valence-corrected chi connectivity index (χ1v) is 6.34. The van der Waals surface area contributed by atoms with Crippen molar-refractivity contribution in [2.75, 3.05) is 18.2 Å². The van der Waals surface area contributed by atoms with Crippen LogP contribution in [0, 0.1) is 13.8 Å². The highest BCUT2D eigenvalue weighted by Crippen LogP contribution is 2.27. The number of nitrogens with one attached hydrogen (secondary N) is 1. The molecule has 0 unspecified atom stereocenters.